The topological polar surface area (TPSA) is 61.4 Å². The van der Waals surface area contributed by atoms with E-state index in [-0.39, 0.29) is 17.9 Å². The standard InChI is InChI=1S/C35H42F3N3O2S2/c1-44-31-12-8-13-32(45-2)30(31)11-7-14-33(42)39-21-5-6-22-41-23-19-27(20-24-41)40-34(43)29-10-4-3-9-28(29)25-15-17-26(18-16-25)35(36,37)38/h3-4,8-10,12-13,15-18,27H,5-7,11,14,19-24H2,1-2H3,(H,39,42)(H,40,43). The lowest BCUT2D eigenvalue weighted by molar-refractivity contribution is -0.137. The van der Waals surface area contributed by atoms with Gasteiger partial charge in [0.2, 0.25) is 5.91 Å². The van der Waals surface area contributed by atoms with Crippen molar-refractivity contribution in [3.63, 3.8) is 0 Å². The molecule has 0 atom stereocenters. The van der Waals surface area contributed by atoms with Crippen molar-refractivity contribution in [3.05, 3.63) is 83.4 Å². The number of unbranched alkanes of at least 4 members (excludes halogenated alkanes) is 1. The lowest BCUT2D eigenvalue weighted by atomic mass is 9.97. The largest absolute Gasteiger partial charge is 0.416 e. The molecule has 4 rings (SSSR count). The summed E-state index contributed by atoms with van der Waals surface area (Å²) in [6.07, 6.45) is 5.65. The fourth-order valence-corrected chi connectivity index (χ4v) is 7.12. The van der Waals surface area contributed by atoms with Crippen molar-refractivity contribution >= 4 is 35.3 Å². The van der Waals surface area contributed by atoms with Gasteiger partial charge in [0.15, 0.2) is 0 Å². The molecule has 242 valence electrons. The molecule has 0 unspecified atom stereocenters. The van der Waals surface area contributed by atoms with Gasteiger partial charge < -0.3 is 15.5 Å². The van der Waals surface area contributed by atoms with Gasteiger partial charge >= 0.3 is 6.18 Å². The Balaban J connectivity index is 1.13. The van der Waals surface area contributed by atoms with E-state index in [0.717, 1.165) is 70.3 Å². The van der Waals surface area contributed by atoms with Crippen molar-refractivity contribution in [2.24, 2.45) is 0 Å². The van der Waals surface area contributed by atoms with E-state index in [4.69, 9.17) is 0 Å². The van der Waals surface area contributed by atoms with Crippen LogP contribution in [-0.4, -0.2) is 61.4 Å². The number of hydrogen-bond donors (Lipinski definition) is 2. The number of alkyl halides is 3. The van der Waals surface area contributed by atoms with Crippen LogP contribution in [0.4, 0.5) is 13.2 Å². The molecular weight excluding hydrogens is 616 g/mol. The molecule has 0 saturated carbocycles. The summed E-state index contributed by atoms with van der Waals surface area (Å²) in [7, 11) is 0. The first-order valence-electron chi connectivity index (χ1n) is 15.5. The van der Waals surface area contributed by atoms with Gasteiger partial charge in [-0.25, -0.2) is 0 Å². The maximum Gasteiger partial charge on any atom is 0.416 e. The van der Waals surface area contributed by atoms with E-state index in [1.165, 1.54) is 27.5 Å². The normalized spacial score (nSPS) is 14.3. The molecule has 2 N–H and O–H groups in total. The minimum atomic E-state index is -4.40. The van der Waals surface area contributed by atoms with E-state index >= 15 is 0 Å². The second-order valence-electron chi connectivity index (χ2n) is 11.3. The molecule has 1 fully saturated rings. The molecule has 45 heavy (non-hydrogen) atoms. The number of thioether (sulfide) groups is 2. The number of hydrogen-bond acceptors (Lipinski definition) is 5. The van der Waals surface area contributed by atoms with Crippen LogP contribution in [0.2, 0.25) is 0 Å². The van der Waals surface area contributed by atoms with E-state index in [1.807, 2.05) is 0 Å². The predicted octanol–water partition coefficient (Wildman–Crippen LogP) is 7.93. The third-order valence-electron chi connectivity index (χ3n) is 8.20. The highest BCUT2D eigenvalue weighted by Gasteiger charge is 2.30. The van der Waals surface area contributed by atoms with Crippen molar-refractivity contribution in [2.75, 3.05) is 38.7 Å². The lowest BCUT2D eigenvalue weighted by Gasteiger charge is -2.32. The molecule has 5 nitrogen and oxygen atoms in total. The first-order valence-corrected chi connectivity index (χ1v) is 17.9. The number of amides is 2. The van der Waals surface area contributed by atoms with Crippen LogP contribution in [0.5, 0.6) is 0 Å². The smallest absolute Gasteiger partial charge is 0.356 e. The highest BCUT2D eigenvalue weighted by Crippen LogP contribution is 2.32. The van der Waals surface area contributed by atoms with E-state index < -0.39 is 11.7 Å². The Bertz CT molecular complexity index is 1390. The second kappa shape index (κ2) is 17.1. The third-order valence-corrected chi connectivity index (χ3v) is 9.85. The Morgan fingerprint density at radius 2 is 1.53 bits per heavy atom. The Morgan fingerprint density at radius 3 is 2.18 bits per heavy atom. The molecule has 1 aliphatic rings. The lowest BCUT2D eigenvalue weighted by Crippen LogP contribution is -2.45. The van der Waals surface area contributed by atoms with Gasteiger partial charge in [-0.1, -0.05) is 36.4 Å². The van der Waals surface area contributed by atoms with Gasteiger partial charge in [-0.15, -0.1) is 23.5 Å². The first kappa shape index (κ1) is 34.9. The number of carbonyl (C=O) groups excluding carboxylic acids is 2. The first-order chi connectivity index (χ1) is 21.7. The summed E-state index contributed by atoms with van der Waals surface area (Å²) < 4.78 is 39.0. The molecule has 3 aromatic carbocycles. The number of rotatable bonds is 14. The van der Waals surface area contributed by atoms with Gasteiger partial charge in [0.05, 0.1) is 5.56 Å². The minimum Gasteiger partial charge on any atom is -0.356 e. The number of nitrogens with one attached hydrogen (secondary N) is 2. The van der Waals surface area contributed by atoms with E-state index in [0.29, 0.717) is 29.7 Å². The van der Waals surface area contributed by atoms with Crippen molar-refractivity contribution in [3.8, 4) is 11.1 Å². The molecule has 0 aromatic heterocycles. The highest BCUT2D eigenvalue weighted by atomic mass is 32.2. The van der Waals surface area contributed by atoms with Gasteiger partial charge in [0.1, 0.15) is 0 Å². The summed E-state index contributed by atoms with van der Waals surface area (Å²) in [5.41, 5.74) is 2.27. The highest BCUT2D eigenvalue weighted by molar-refractivity contribution is 7.99. The summed E-state index contributed by atoms with van der Waals surface area (Å²) in [5, 5.41) is 6.20. The quantitative estimate of drug-likeness (QED) is 0.136. The molecule has 0 aliphatic carbocycles. The van der Waals surface area contributed by atoms with Crippen molar-refractivity contribution in [1.29, 1.82) is 0 Å². The van der Waals surface area contributed by atoms with Crippen molar-refractivity contribution in [2.45, 2.75) is 67.0 Å². The molecule has 2 amide bonds. The Labute approximate surface area is 273 Å². The number of likely N-dealkylation sites (tertiary alicyclic amines) is 1. The zero-order valence-corrected chi connectivity index (χ0v) is 27.6. The van der Waals surface area contributed by atoms with E-state index in [2.05, 4.69) is 46.2 Å². The molecule has 1 heterocycles. The summed E-state index contributed by atoms with van der Waals surface area (Å²) in [5.74, 6) is -0.100. The fraction of sp³-hybridized carbons (Fsp3) is 0.429. The number of halogens is 3. The number of piperidine rings is 1. The van der Waals surface area contributed by atoms with Crippen molar-refractivity contribution in [1.82, 2.24) is 15.5 Å². The zero-order valence-electron chi connectivity index (χ0n) is 25.9. The fourth-order valence-electron chi connectivity index (χ4n) is 5.71. The van der Waals surface area contributed by atoms with E-state index in [1.54, 1.807) is 47.8 Å². The molecule has 3 aromatic rings. The monoisotopic (exact) mass is 657 g/mol. The van der Waals surface area contributed by atoms with Crippen LogP contribution in [0.1, 0.15) is 60.0 Å². The molecule has 10 heteroatoms. The summed E-state index contributed by atoms with van der Waals surface area (Å²) in [6.45, 7) is 3.40. The molecule has 1 aliphatic heterocycles. The molecule has 0 radical (unpaired) electrons. The van der Waals surface area contributed by atoms with Gasteiger partial charge in [-0.3, -0.25) is 9.59 Å². The van der Waals surface area contributed by atoms with Crippen LogP contribution in [-0.2, 0) is 17.4 Å². The van der Waals surface area contributed by atoms with Crippen LogP contribution < -0.4 is 10.6 Å². The van der Waals surface area contributed by atoms with Crippen LogP contribution in [0.3, 0.4) is 0 Å². The average Bonchev–Trinajstić information content (AvgIpc) is 3.05. The molecule has 1 saturated heterocycles. The van der Waals surface area contributed by atoms with Gasteiger partial charge in [-0.2, -0.15) is 13.2 Å². The molecular formula is C35H42F3N3O2S2. The van der Waals surface area contributed by atoms with Crippen LogP contribution in [0, 0.1) is 0 Å². The van der Waals surface area contributed by atoms with Crippen molar-refractivity contribution < 1.29 is 22.8 Å². The minimum absolute atomic E-state index is 0.0450. The van der Waals surface area contributed by atoms with E-state index in [9.17, 15) is 22.8 Å². The third kappa shape index (κ3) is 10.3. The summed E-state index contributed by atoms with van der Waals surface area (Å²) in [4.78, 5) is 30.5. The SMILES string of the molecule is CSc1cccc(SC)c1CCCC(=O)NCCCCN1CCC(NC(=O)c2ccccc2-c2ccc(C(F)(F)F)cc2)CC1. The number of nitrogens with zero attached hydrogens (tertiary/aromatic N) is 1. The van der Waals surface area contributed by atoms with Crippen LogP contribution in [0.25, 0.3) is 11.1 Å². The van der Waals surface area contributed by atoms with Gasteiger partial charge in [0.25, 0.3) is 5.91 Å². The Morgan fingerprint density at radius 1 is 0.867 bits per heavy atom. The predicted molar refractivity (Wildman–Crippen MR) is 179 cm³/mol. The summed E-state index contributed by atoms with van der Waals surface area (Å²) >= 11 is 3.51. The molecule has 0 spiro atoms. The number of benzene rings is 3. The second-order valence-corrected chi connectivity index (χ2v) is 13.0. The summed E-state index contributed by atoms with van der Waals surface area (Å²) in [6, 6.07) is 18.4. The van der Waals surface area contributed by atoms with Gasteiger partial charge in [0, 0.05) is 47.5 Å². The van der Waals surface area contributed by atoms with Gasteiger partial charge in [-0.05, 0) is 105 Å². The molecule has 0 bridgehead atoms. The average molecular weight is 658 g/mol. The van der Waals surface area contributed by atoms with Crippen LogP contribution >= 0.6 is 23.5 Å². The Hall–Kier alpha value is -2.95. The maximum atomic E-state index is 13.2. The van der Waals surface area contributed by atoms with Crippen LogP contribution in [0.15, 0.2) is 76.5 Å². The maximum absolute atomic E-state index is 13.2. The number of carbonyl (C=O) groups is 2. The zero-order chi connectivity index (χ0) is 32.2. The Kier molecular flexibility index (Phi) is 13.3.